The molecule has 0 amide bonds. The van der Waals surface area contributed by atoms with Gasteiger partial charge in [-0.2, -0.15) is 8.42 Å². The van der Waals surface area contributed by atoms with Crippen LogP contribution in [-0.4, -0.2) is 22.4 Å². The summed E-state index contributed by atoms with van der Waals surface area (Å²) in [7, 11) is -4.67. The summed E-state index contributed by atoms with van der Waals surface area (Å²) in [5, 5.41) is 10.2. The maximum absolute atomic E-state index is 10.2. The minimum Gasteiger partial charge on any atom is -0.264 e. The number of benzene rings is 1. The summed E-state index contributed by atoms with van der Waals surface area (Å²) in [6, 6.07) is 8.49. The molecule has 4 N–H and O–H groups in total. The van der Waals surface area contributed by atoms with E-state index in [2.05, 4.69) is 0 Å². The molecular formula is C7H10N2O6S. The molecule has 9 heteroatoms. The summed E-state index contributed by atoms with van der Waals surface area (Å²) >= 11 is 0. The molecule has 0 aromatic heterocycles. The van der Waals surface area contributed by atoms with Gasteiger partial charge in [-0.3, -0.25) is 25.0 Å². The molecular weight excluding hydrogens is 240 g/mol. The highest BCUT2D eigenvalue weighted by molar-refractivity contribution is 7.79. The number of nitrogens with two attached hydrogens (primary N) is 1. The van der Waals surface area contributed by atoms with Crippen LogP contribution in [-0.2, 0) is 10.4 Å². The molecule has 90 valence electrons. The Hall–Kier alpha value is -1.55. The topological polar surface area (TPSA) is 144 Å². The second-order valence-electron chi connectivity index (χ2n) is 2.59. The lowest BCUT2D eigenvalue weighted by atomic mass is 10.2. The van der Waals surface area contributed by atoms with Crippen LogP contribution in [0.15, 0.2) is 30.3 Å². The van der Waals surface area contributed by atoms with Crippen LogP contribution in [0.5, 0.6) is 0 Å². The fourth-order valence-corrected chi connectivity index (χ4v) is 0.772. The molecule has 1 atom stereocenters. The first-order valence-corrected chi connectivity index (χ1v) is 5.25. The Morgan fingerprint density at radius 3 is 1.94 bits per heavy atom. The second kappa shape index (κ2) is 6.12. The van der Waals surface area contributed by atoms with Crippen molar-refractivity contribution in [2.24, 2.45) is 5.73 Å². The van der Waals surface area contributed by atoms with Gasteiger partial charge in [0.05, 0.1) is 0 Å². The highest BCUT2D eigenvalue weighted by atomic mass is 32.3. The van der Waals surface area contributed by atoms with Crippen LogP contribution in [0, 0.1) is 10.1 Å². The van der Waals surface area contributed by atoms with E-state index in [0.29, 0.717) is 5.56 Å². The lowest BCUT2D eigenvalue weighted by Crippen LogP contribution is -2.19. The number of hydrogen-bond acceptors (Lipinski definition) is 5. The van der Waals surface area contributed by atoms with E-state index in [0.717, 1.165) is 0 Å². The number of nitrogens with zero attached hydrogens (tertiary/aromatic N) is 1. The van der Waals surface area contributed by atoms with Crippen LogP contribution in [0.25, 0.3) is 0 Å². The van der Waals surface area contributed by atoms with Crippen molar-refractivity contribution in [1.29, 1.82) is 0 Å². The third-order valence-electron chi connectivity index (χ3n) is 1.37. The Morgan fingerprint density at radius 1 is 1.25 bits per heavy atom. The van der Waals surface area contributed by atoms with Crippen molar-refractivity contribution in [3.63, 3.8) is 0 Å². The minimum atomic E-state index is -4.67. The largest absolute Gasteiger partial charge is 0.394 e. The van der Waals surface area contributed by atoms with Crippen molar-refractivity contribution >= 4 is 10.4 Å². The lowest BCUT2D eigenvalue weighted by molar-refractivity contribution is -0.527. The molecule has 0 aliphatic heterocycles. The van der Waals surface area contributed by atoms with Gasteiger partial charge in [-0.05, 0) is 0 Å². The molecule has 0 aliphatic carbocycles. The van der Waals surface area contributed by atoms with Crippen LogP contribution >= 0.6 is 0 Å². The van der Waals surface area contributed by atoms with Gasteiger partial charge in [-0.1, -0.05) is 30.3 Å². The zero-order chi connectivity index (χ0) is 12.8. The molecule has 0 aliphatic rings. The molecule has 0 radical (unpaired) electrons. The predicted octanol–water partition coefficient (Wildman–Crippen LogP) is 0.268. The predicted molar refractivity (Wildman–Crippen MR) is 54.5 cm³/mol. The molecule has 1 aromatic carbocycles. The Labute approximate surface area is 91.4 Å². The zero-order valence-electron chi connectivity index (χ0n) is 7.92. The van der Waals surface area contributed by atoms with Gasteiger partial charge in [-0.15, -0.1) is 0 Å². The lowest BCUT2D eigenvalue weighted by Gasteiger charge is -2.01. The van der Waals surface area contributed by atoms with Crippen LogP contribution in [0.3, 0.4) is 0 Å². The third-order valence-corrected chi connectivity index (χ3v) is 1.37. The molecule has 1 unspecified atom stereocenters. The van der Waals surface area contributed by atoms with Gasteiger partial charge in [-0.25, -0.2) is 0 Å². The summed E-state index contributed by atoms with van der Waals surface area (Å²) in [5.74, 6) is 0. The van der Waals surface area contributed by atoms with Crippen LogP contribution in [0.1, 0.15) is 11.7 Å². The average Bonchev–Trinajstić information content (AvgIpc) is 2.15. The van der Waals surface area contributed by atoms with Gasteiger partial charge >= 0.3 is 10.4 Å². The molecule has 0 heterocycles. The maximum Gasteiger partial charge on any atom is 0.394 e. The monoisotopic (exact) mass is 250 g/mol. The SMILES string of the molecule is NC(c1ccccc1)[N+](=O)[O-].O=S(=O)(O)O. The van der Waals surface area contributed by atoms with Gasteiger partial charge in [0, 0.05) is 10.5 Å². The normalized spacial score (nSPS) is 12.2. The van der Waals surface area contributed by atoms with Gasteiger partial charge in [0.25, 0.3) is 6.17 Å². The fraction of sp³-hybridized carbons (Fsp3) is 0.143. The van der Waals surface area contributed by atoms with E-state index in [1.165, 1.54) is 0 Å². The smallest absolute Gasteiger partial charge is 0.264 e. The van der Waals surface area contributed by atoms with Crippen molar-refractivity contribution < 1.29 is 22.4 Å². The quantitative estimate of drug-likeness (QED) is 0.295. The number of nitro groups is 1. The van der Waals surface area contributed by atoms with Crippen molar-refractivity contribution in [1.82, 2.24) is 0 Å². The number of rotatable bonds is 2. The zero-order valence-corrected chi connectivity index (χ0v) is 8.74. The molecule has 0 fully saturated rings. The Balaban J connectivity index is 0.000000385. The van der Waals surface area contributed by atoms with E-state index >= 15 is 0 Å². The summed E-state index contributed by atoms with van der Waals surface area (Å²) in [6.07, 6.45) is -1.10. The third kappa shape index (κ3) is 7.82. The van der Waals surface area contributed by atoms with Crippen molar-refractivity contribution in [3.05, 3.63) is 46.0 Å². The second-order valence-corrected chi connectivity index (χ2v) is 3.48. The van der Waals surface area contributed by atoms with Gasteiger partial charge in [0.15, 0.2) is 0 Å². The average molecular weight is 250 g/mol. The Kier molecular flexibility index (Phi) is 5.53. The molecule has 0 spiro atoms. The molecule has 0 bridgehead atoms. The molecule has 8 nitrogen and oxygen atoms in total. The van der Waals surface area contributed by atoms with Crippen molar-refractivity contribution in [2.45, 2.75) is 6.17 Å². The Morgan fingerprint density at radius 2 is 1.62 bits per heavy atom. The van der Waals surface area contributed by atoms with Crippen molar-refractivity contribution in [3.8, 4) is 0 Å². The van der Waals surface area contributed by atoms with E-state index in [9.17, 15) is 10.1 Å². The van der Waals surface area contributed by atoms with Crippen LogP contribution in [0.4, 0.5) is 0 Å². The molecule has 0 saturated heterocycles. The molecule has 16 heavy (non-hydrogen) atoms. The van der Waals surface area contributed by atoms with E-state index < -0.39 is 21.5 Å². The summed E-state index contributed by atoms with van der Waals surface area (Å²) in [5.41, 5.74) is 5.76. The first-order chi connectivity index (χ1) is 7.22. The van der Waals surface area contributed by atoms with Crippen LogP contribution < -0.4 is 5.73 Å². The van der Waals surface area contributed by atoms with E-state index in [1.807, 2.05) is 0 Å². The van der Waals surface area contributed by atoms with E-state index in [1.54, 1.807) is 30.3 Å². The van der Waals surface area contributed by atoms with Crippen molar-refractivity contribution in [2.75, 3.05) is 0 Å². The number of hydrogen-bond donors (Lipinski definition) is 3. The minimum absolute atomic E-state index is 0.519. The first-order valence-electron chi connectivity index (χ1n) is 3.85. The molecule has 0 saturated carbocycles. The maximum atomic E-state index is 10.2. The molecule has 1 rings (SSSR count). The van der Waals surface area contributed by atoms with Gasteiger partial charge < -0.3 is 0 Å². The van der Waals surface area contributed by atoms with E-state index in [-0.39, 0.29) is 0 Å². The fourth-order valence-electron chi connectivity index (χ4n) is 0.772. The molecule has 1 aromatic rings. The van der Waals surface area contributed by atoms with Crippen LogP contribution in [0.2, 0.25) is 0 Å². The van der Waals surface area contributed by atoms with Gasteiger partial charge in [0.2, 0.25) is 0 Å². The summed E-state index contributed by atoms with van der Waals surface area (Å²) < 4.78 is 31.6. The summed E-state index contributed by atoms with van der Waals surface area (Å²) in [4.78, 5) is 9.66. The highest BCUT2D eigenvalue weighted by Crippen LogP contribution is 2.08. The Bertz CT molecular complexity index is 423. The highest BCUT2D eigenvalue weighted by Gasteiger charge is 2.14. The standard InChI is InChI=1S/C7H8N2O2.H2O4S/c8-7(9(10)11)6-4-2-1-3-5-6;1-5(2,3)4/h1-5,7H,8H2;(H2,1,2,3,4). The summed E-state index contributed by atoms with van der Waals surface area (Å²) in [6.45, 7) is 0. The van der Waals surface area contributed by atoms with E-state index in [4.69, 9.17) is 23.3 Å². The van der Waals surface area contributed by atoms with Gasteiger partial charge in [0.1, 0.15) is 0 Å². The first kappa shape index (κ1) is 14.5.